The van der Waals surface area contributed by atoms with Gasteiger partial charge in [0, 0.05) is 12.5 Å². The zero-order valence-electron chi connectivity index (χ0n) is 19.2. The number of oxazole rings is 1. The molecular weight excluding hydrogens is 414 g/mol. The Balaban J connectivity index is 1.93. The highest BCUT2D eigenvalue weighted by Gasteiger charge is 2.24. The largest absolute Gasteiger partial charge is 0.489 e. The smallest absolute Gasteiger partial charge is 0.303 e. The third-order valence-electron chi connectivity index (χ3n) is 4.67. The molecule has 3 aromatic rings. The number of esters is 1. The van der Waals surface area contributed by atoms with Crippen LogP contribution in [0.4, 0.5) is 0 Å². The van der Waals surface area contributed by atoms with Gasteiger partial charge in [0.25, 0.3) is 5.71 Å². The first kappa shape index (κ1) is 23.1. The molecule has 0 bridgehead atoms. The van der Waals surface area contributed by atoms with E-state index in [2.05, 4.69) is 16.9 Å². The van der Waals surface area contributed by atoms with E-state index in [0.29, 0.717) is 22.3 Å². The Hall–Kier alpha value is -2.61. The van der Waals surface area contributed by atoms with Crippen molar-refractivity contribution in [2.45, 2.75) is 65.1 Å². The van der Waals surface area contributed by atoms with Gasteiger partial charge >= 0.3 is 5.97 Å². The number of rotatable bonds is 8. The van der Waals surface area contributed by atoms with Gasteiger partial charge in [0.2, 0.25) is 5.89 Å². The first-order chi connectivity index (χ1) is 14.6. The Kier molecular flexibility index (Phi) is 6.89. The van der Waals surface area contributed by atoms with Crippen molar-refractivity contribution in [1.29, 1.82) is 0 Å². The summed E-state index contributed by atoms with van der Waals surface area (Å²) in [6, 6.07) is 3.96. The molecule has 0 amide bonds. The van der Waals surface area contributed by atoms with Crippen LogP contribution in [-0.4, -0.2) is 39.4 Å². The monoisotopic (exact) mass is 443 g/mol. The number of fused-ring (bicyclic) bond motifs is 1. The van der Waals surface area contributed by atoms with Gasteiger partial charge in [-0.25, -0.2) is 9.97 Å². The molecule has 0 unspecified atom stereocenters. The van der Waals surface area contributed by atoms with Crippen molar-refractivity contribution in [3.05, 3.63) is 29.0 Å². The summed E-state index contributed by atoms with van der Waals surface area (Å²) in [4.78, 5) is 25.1. The molecule has 0 radical (unpaired) electrons. The summed E-state index contributed by atoms with van der Waals surface area (Å²) >= 11 is 1.49. The number of benzene rings is 1. The van der Waals surface area contributed by atoms with Crippen molar-refractivity contribution < 1.29 is 18.7 Å². The lowest BCUT2D eigenvalue weighted by Crippen LogP contribution is -2.34. The fourth-order valence-corrected chi connectivity index (χ4v) is 3.82. The van der Waals surface area contributed by atoms with Gasteiger partial charge in [0.15, 0.2) is 10.7 Å². The predicted octanol–water partition coefficient (Wildman–Crippen LogP) is 5.30. The van der Waals surface area contributed by atoms with E-state index in [1.54, 1.807) is 0 Å². The number of hydrogen-bond acceptors (Lipinski definition) is 8. The summed E-state index contributed by atoms with van der Waals surface area (Å²) in [5, 5.41) is 0.685. The molecule has 0 spiro atoms. The van der Waals surface area contributed by atoms with E-state index in [9.17, 15) is 4.79 Å². The first-order valence-electron chi connectivity index (χ1n) is 10.3. The van der Waals surface area contributed by atoms with Crippen molar-refractivity contribution in [2.75, 3.05) is 12.9 Å². The summed E-state index contributed by atoms with van der Waals surface area (Å²) in [6.07, 6.45) is 3.74. The summed E-state index contributed by atoms with van der Waals surface area (Å²) in [6.45, 7) is 11.4. The highest BCUT2D eigenvalue weighted by atomic mass is 32.2. The lowest BCUT2D eigenvalue weighted by Gasteiger charge is -2.25. The molecule has 7 nitrogen and oxygen atoms in total. The highest BCUT2D eigenvalue weighted by molar-refractivity contribution is 7.98. The van der Waals surface area contributed by atoms with Crippen LogP contribution in [0.25, 0.3) is 22.7 Å². The number of ether oxygens (including phenoxy) is 2. The molecule has 0 fully saturated rings. The number of carbonyl (C=O) groups excluding carboxylic acids is 1. The third kappa shape index (κ3) is 5.36. The van der Waals surface area contributed by atoms with Gasteiger partial charge in [-0.3, -0.25) is 4.79 Å². The summed E-state index contributed by atoms with van der Waals surface area (Å²) in [5.74, 6) is 0.942. The van der Waals surface area contributed by atoms with E-state index < -0.39 is 5.60 Å². The van der Waals surface area contributed by atoms with Gasteiger partial charge in [0.1, 0.15) is 18.0 Å². The molecule has 0 atom stereocenters. The van der Waals surface area contributed by atoms with Crippen LogP contribution < -0.4 is 4.74 Å². The van der Waals surface area contributed by atoms with E-state index in [1.807, 2.05) is 46.1 Å². The Morgan fingerprint density at radius 3 is 2.42 bits per heavy atom. The quantitative estimate of drug-likeness (QED) is 0.263. The van der Waals surface area contributed by atoms with Crippen LogP contribution >= 0.6 is 11.8 Å². The molecule has 2 heterocycles. The van der Waals surface area contributed by atoms with Crippen LogP contribution in [0.5, 0.6) is 5.75 Å². The van der Waals surface area contributed by atoms with E-state index in [-0.39, 0.29) is 12.6 Å². The molecule has 1 aromatic carbocycles. The van der Waals surface area contributed by atoms with Gasteiger partial charge in [0.05, 0.1) is 5.69 Å². The van der Waals surface area contributed by atoms with Crippen LogP contribution in [0, 0.1) is 13.8 Å². The topological polar surface area (TPSA) is 87.3 Å². The number of aryl methyl sites for hydroxylation is 3. The minimum absolute atomic E-state index is 0.254. The third-order valence-corrected chi connectivity index (χ3v) is 5.22. The number of hydrogen-bond donors (Lipinski definition) is 0. The van der Waals surface area contributed by atoms with Gasteiger partial charge in [-0.05, 0) is 63.6 Å². The Labute approximate surface area is 187 Å². The fraction of sp³-hybridized carbons (Fsp3) is 0.478. The average molecular weight is 444 g/mol. The summed E-state index contributed by atoms with van der Waals surface area (Å²) < 4.78 is 17.3. The maximum Gasteiger partial charge on any atom is 0.303 e. The van der Waals surface area contributed by atoms with Crippen LogP contribution in [0.3, 0.4) is 0 Å². The van der Waals surface area contributed by atoms with Gasteiger partial charge in [-0.2, -0.15) is 4.98 Å². The van der Waals surface area contributed by atoms with E-state index in [0.717, 1.165) is 41.0 Å². The van der Waals surface area contributed by atoms with Gasteiger partial charge in [-0.15, -0.1) is 0 Å². The molecule has 2 aromatic heterocycles. The standard InChI is InChI=1S/C23H29N3O4S/c1-8-9-17-18-21(26-22(24-17)31-7)29-20(25-18)16-10-13(2)19(14(3)11-16)28-12-23(5,6)30-15(4)27/h10-11H,8-9,12H2,1-7H3. The molecule has 0 aliphatic heterocycles. The minimum Gasteiger partial charge on any atom is -0.489 e. The zero-order chi connectivity index (χ0) is 22.8. The second-order valence-corrected chi connectivity index (χ2v) is 8.93. The Morgan fingerprint density at radius 2 is 1.84 bits per heavy atom. The van der Waals surface area contributed by atoms with Crippen LogP contribution in [0.1, 0.15) is 50.9 Å². The average Bonchev–Trinajstić information content (AvgIpc) is 3.10. The SMILES string of the molecule is CCCc1nc(SC)nc2oc(-c3cc(C)c(OCC(C)(C)OC(C)=O)c(C)c3)nc12. The van der Waals surface area contributed by atoms with Crippen LogP contribution in [0.2, 0.25) is 0 Å². The van der Waals surface area contributed by atoms with Crippen molar-refractivity contribution in [3.63, 3.8) is 0 Å². The molecule has 166 valence electrons. The first-order valence-corrected chi connectivity index (χ1v) is 11.5. The summed E-state index contributed by atoms with van der Waals surface area (Å²) in [5.41, 5.74) is 4.17. The maximum absolute atomic E-state index is 11.3. The lowest BCUT2D eigenvalue weighted by molar-refractivity contribution is -0.156. The predicted molar refractivity (Wildman–Crippen MR) is 122 cm³/mol. The zero-order valence-corrected chi connectivity index (χ0v) is 20.0. The summed E-state index contributed by atoms with van der Waals surface area (Å²) in [7, 11) is 0. The van der Waals surface area contributed by atoms with E-state index in [4.69, 9.17) is 18.9 Å². The molecule has 0 N–H and O–H groups in total. The second-order valence-electron chi connectivity index (χ2n) is 8.16. The molecule has 3 rings (SSSR count). The molecule has 0 saturated carbocycles. The van der Waals surface area contributed by atoms with Crippen molar-refractivity contribution >= 4 is 29.0 Å². The molecule has 0 aliphatic carbocycles. The molecule has 0 aliphatic rings. The highest BCUT2D eigenvalue weighted by Crippen LogP contribution is 2.33. The van der Waals surface area contributed by atoms with E-state index in [1.165, 1.54) is 18.7 Å². The second kappa shape index (κ2) is 9.26. The molecule has 8 heteroatoms. The van der Waals surface area contributed by atoms with Gasteiger partial charge < -0.3 is 13.9 Å². The van der Waals surface area contributed by atoms with Crippen molar-refractivity contribution in [3.8, 4) is 17.2 Å². The lowest BCUT2D eigenvalue weighted by atomic mass is 10.1. The Bertz CT molecular complexity index is 1080. The molecular formula is C23H29N3O4S. The Morgan fingerprint density at radius 1 is 1.16 bits per heavy atom. The molecule has 0 saturated heterocycles. The minimum atomic E-state index is -0.715. The van der Waals surface area contributed by atoms with Gasteiger partial charge in [-0.1, -0.05) is 25.1 Å². The number of aromatic nitrogens is 3. The fourth-order valence-electron chi connectivity index (χ4n) is 3.45. The number of thioether (sulfide) groups is 1. The molecule has 31 heavy (non-hydrogen) atoms. The number of nitrogens with zero attached hydrogens (tertiary/aromatic N) is 3. The van der Waals surface area contributed by atoms with Crippen molar-refractivity contribution in [2.24, 2.45) is 0 Å². The van der Waals surface area contributed by atoms with Crippen LogP contribution in [-0.2, 0) is 16.0 Å². The normalized spacial score (nSPS) is 11.7. The van der Waals surface area contributed by atoms with Crippen LogP contribution in [0.15, 0.2) is 21.7 Å². The van der Waals surface area contributed by atoms with Crippen molar-refractivity contribution in [1.82, 2.24) is 15.0 Å². The van der Waals surface area contributed by atoms with E-state index >= 15 is 0 Å². The maximum atomic E-state index is 11.3. The number of carbonyl (C=O) groups is 1.